The van der Waals surface area contributed by atoms with E-state index >= 15 is 0 Å². The van der Waals surface area contributed by atoms with E-state index in [0.717, 1.165) is 28.8 Å². The van der Waals surface area contributed by atoms with Gasteiger partial charge in [0.15, 0.2) is 0 Å². The summed E-state index contributed by atoms with van der Waals surface area (Å²) in [6.07, 6.45) is 26.9. The summed E-state index contributed by atoms with van der Waals surface area (Å²) in [5, 5.41) is 3.44. The van der Waals surface area contributed by atoms with Gasteiger partial charge in [0.1, 0.15) is 16.6 Å². The van der Waals surface area contributed by atoms with Crippen molar-refractivity contribution in [1.29, 1.82) is 0 Å². The summed E-state index contributed by atoms with van der Waals surface area (Å²) in [4.78, 5) is 14.8. The van der Waals surface area contributed by atoms with Crippen LogP contribution in [-0.2, 0) is 14.8 Å². The van der Waals surface area contributed by atoms with Crippen molar-refractivity contribution in [2.24, 2.45) is 10.2 Å². The smallest absolute Gasteiger partial charge is 0.247 e. The van der Waals surface area contributed by atoms with Crippen LogP contribution >= 0.6 is 23.4 Å². The number of rotatable bonds is 15. The summed E-state index contributed by atoms with van der Waals surface area (Å²) in [6.45, 7) is 19.3. The molecular weight excluding hydrogens is 614 g/mol. The molecule has 1 saturated carbocycles. The van der Waals surface area contributed by atoms with Crippen LogP contribution in [0.5, 0.6) is 0 Å². The maximum Gasteiger partial charge on any atom is 0.247 e. The van der Waals surface area contributed by atoms with E-state index in [1.165, 1.54) is 11.6 Å². The first kappa shape index (κ1) is 40.8. The SMILES string of the molecule is C=C(N=O)C1(NS(=O)(=O)/C(=C/C=C/C2=CC=C(Cl)C=CC2)SC)CC1.C=C/C=C\C(CO/C(C=C(C)C)=C/C=C)=NC.CC. The van der Waals surface area contributed by atoms with Gasteiger partial charge in [-0.15, -0.1) is 16.7 Å². The molecule has 0 radical (unpaired) electrons. The molecule has 1 N–H and O–H groups in total. The number of allylic oxidation sites excluding steroid dienone is 15. The van der Waals surface area contributed by atoms with Crippen molar-refractivity contribution in [3.8, 4) is 0 Å². The van der Waals surface area contributed by atoms with Crippen LogP contribution in [-0.4, -0.2) is 39.6 Å². The summed E-state index contributed by atoms with van der Waals surface area (Å²) in [5.41, 5.74) is 2.14. The Balaban J connectivity index is 0.000000853. The van der Waals surface area contributed by atoms with Gasteiger partial charge in [-0.3, -0.25) is 4.99 Å². The van der Waals surface area contributed by atoms with Crippen LogP contribution in [0.1, 0.15) is 47.0 Å². The maximum absolute atomic E-state index is 12.5. The summed E-state index contributed by atoms with van der Waals surface area (Å²) < 4.78 is 33.4. The molecule has 240 valence electrons. The number of hydrogen-bond donors (Lipinski definition) is 1. The summed E-state index contributed by atoms with van der Waals surface area (Å²) in [5.74, 6) is 0.785. The quantitative estimate of drug-likeness (QED) is 0.0818. The molecule has 2 aliphatic carbocycles. The van der Waals surface area contributed by atoms with Crippen molar-refractivity contribution < 1.29 is 13.2 Å². The van der Waals surface area contributed by atoms with Gasteiger partial charge in [0.25, 0.3) is 0 Å². The highest BCUT2D eigenvalue weighted by atomic mass is 35.5. The Morgan fingerprint density at radius 1 is 1.16 bits per heavy atom. The van der Waals surface area contributed by atoms with Gasteiger partial charge in [-0.2, -0.15) is 4.72 Å². The molecule has 0 aromatic carbocycles. The predicted octanol–water partition coefficient (Wildman–Crippen LogP) is 9.37. The molecule has 2 aliphatic rings. The Hall–Kier alpha value is -3.24. The van der Waals surface area contributed by atoms with Crippen molar-refractivity contribution >= 4 is 39.1 Å². The van der Waals surface area contributed by atoms with Crippen LogP contribution in [0.25, 0.3) is 0 Å². The normalized spacial score (nSPS) is 16.3. The van der Waals surface area contributed by atoms with Crippen molar-refractivity contribution in [1.82, 2.24) is 4.72 Å². The molecule has 0 atom stereocenters. The summed E-state index contributed by atoms with van der Waals surface area (Å²) >= 11 is 7.03. The lowest BCUT2D eigenvalue weighted by Crippen LogP contribution is -2.37. The number of sulfonamides is 1. The van der Waals surface area contributed by atoms with Crippen LogP contribution in [0.3, 0.4) is 0 Å². The monoisotopic (exact) mass is 659 g/mol. The van der Waals surface area contributed by atoms with Crippen molar-refractivity contribution in [2.75, 3.05) is 19.9 Å². The first-order valence-electron chi connectivity index (χ1n) is 14.0. The maximum atomic E-state index is 12.5. The third-order valence-electron chi connectivity index (χ3n) is 5.65. The number of ether oxygens (including phenoxy) is 1. The molecule has 44 heavy (non-hydrogen) atoms. The Morgan fingerprint density at radius 2 is 1.84 bits per heavy atom. The lowest BCUT2D eigenvalue weighted by Gasteiger charge is -2.16. The largest absolute Gasteiger partial charge is 0.487 e. The van der Waals surface area contributed by atoms with Crippen molar-refractivity contribution in [2.45, 2.75) is 52.5 Å². The zero-order valence-electron chi connectivity index (χ0n) is 26.7. The van der Waals surface area contributed by atoms with E-state index in [2.05, 4.69) is 34.6 Å². The molecule has 0 spiro atoms. The number of hydrogen-bond acceptors (Lipinski definition) is 7. The number of halogens is 1. The molecule has 0 aromatic rings. The minimum absolute atomic E-state index is 0.0196. The lowest BCUT2D eigenvalue weighted by atomic mass is 10.1. The van der Waals surface area contributed by atoms with E-state index in [1.54, 1.807) is 37.6 Å². The van der Waals surface area contributed by atoms with Crippen molar-refractivity contribution in [3.63, 3.8) is 0 Å². The Morgan fingerprint density at radius 3 is 2.36 bits per heavy atom. The van der Waals surface area contributed by atoms with Crippen LogP contribution in [0, 0.1) is 4.91 Å². The standard InChI is InChI=1S/C17H19ClN2O3S2.C15H21NO.C2H6/c1-13(19-21)17(11-12-17)20-25(22,23)16(24-2)8-4-6-14-5-3-7-15(18)10-9-14;1-6-8-10-14(16-5)12-17-15(9-7-2)11-13(3)4;1-2/h3-4,6-10,20H,1,5,11-12H2,2H3;6-11H,1-2,12H2,3-5H3;1-2H3/b6-4+,16-8+;10-8-,15-9+,16-14?;. The second-order valence-electron chi connectivity index (χ2n) is 9.30. The Bertz CT molecular complexity index is 1380. The van der Waals surface area contributed by atoms with Gasteiger partial charge in [0.05, 0.1) is 16.9 Å². The number of thioether (sulfide) groups is 1. The Labute approximate surface area is 274 Å². The molecule has 0 amide bonds. The van der Waals surface area contributed by atoms with Gasteiger partial charge in [-0.25, -0.2) is 8.42 Å². The highest BCUT2D eigenvalue weighted by Gasteiger charge is 2.50. The van der Waals surface area contributed by atoms with E-state index < -0.39 is 15.6 Å². The zero-order chi connectivity index (χ0) is 33.6. The number of nitrogens with zero attached hydrogens (tertiary/aromatic N) is 2. The highest BCUT2D eigenvalue weighted by Crippen LogP contribution is 2.43. The molecule has 0 heterocycles. The third kappa shape index (κ3) is 16.0. The van der Waals surface area contributed by atoms with Crippen LogP contribution in [0.15, 0.2) is 141 Å². The fourth-order valence-corrected chi connectivity index (χ4v) is 5.85. The fourth-order valence-electron chi connectivity index (χ4n) is 3.29. The van der Waals surface area contributed by atoms with E-state index in [0.29, 0.717) is 30.9 Å². The zero-order valence-corrected chi connectivity index (χ0v) is 29.1. The highest BCUT2D eigenvalue weighted by molar-refractivity contribution is 8.17. The molecule has 0 aliphatic heterocycles. The molecule has 0 unspecified atom stereocenters. The second-order valence-corrected chi connectivity index (χ2v) is 12.5. The predicted molar refractivity (Wildman–Crippen MR) is 193 cm³/mol. The van der Waals surface area contributed by atoms with Gasteiger partial charge < -0.3 is 4.74 Å². The number of nitroso groups, excluding NO2 is 1. The van der Waals surface area contributed by atoms with E-state index in [9.17, 15) is 13.3 Å². The fraction of sp³-hybridized carbons (Fsp3) is 0.324. The van der Waals surface area contributed by atoms with Gasteiger partial charge in [-0.05, 0) is 86.6 Å². The summed E-state index contributed by atoms with van der Waals surface area (Å²) in [7, 11) is -2.01. The van der Waals surface area contributed by atoms with Gasteiger partial charge in [0, 0.05) is 12.1 Å². The van der Waals surface area contributed by atoms with Gasteiger partial charge in [-0.1, -0.05) is 93.3 Å². The van der Waals surface area contributed by atoms with Crippen LogP contribution in [0.2, 0.25) is 0 Å². The first-order valence-corrected chi connectivity index (χ1v) is 17.1. The van der Waals surface area contributed by atoms with E-state index in [1.807, 2.05) is 76.3 Å². The topological polar surface area (TPSA) is 97.2 Å². The summed E-state index contributed by atoms with van der Waals surface area (Å²) in [6, 6.07) is 0. The van der Waals surface area contributed by atoms with Gasteiger partial charge in [0.2, 0.25) is 10.0 Å². The molecule has 10 heteroatoms. The lowest BCUT2D eigenvalue weighted by molar-refractivity contribution is 0.273. The molecule has 1 fully saturated rings. The van der Waals surface area contributed by atoms with E-state index in [-0.39, 0.29) is 9.93 Å². The van der Waals surface area contributed by atoms with Gasteiger partial charge >= 0.3 is 0 Å². The second kappa shape index (κ2) is 22.3. The molecule has 2 rings (SSSR count). The number of nitrogens with one attached hydrogen (secondary N) is 1. The molecule has 0 aromatic heterocycles. The third-order valence-corrected chi connectivity index (χ3v) is 8.92. The van der Waals surface area contributed by atoms with Crippen LogP contribution in [0.4, 0.5) is 0 Å². The first-order chi connectivity index (χ1) is 21.0. The van der Waals surface area contributed by atoms with E-state index in [4.69, 9.17) is 16.3 Å². The molecule has 7 nitrogen and oxygen atoms in total. The minimum Gasteiger partial charge on any atom is -0.487 e. The number of aliphatic imine (C=N–C) groups is 1. The molecule has 0 saturated heterocycles. The molecular formula is C34H46ClN3O4S2. The minimum atomic E-state index is -3.75. The average Bonchev–Trinajstić information content (AvgIpc) is 3.80. The molecule has 0 bridgehead atoms. The Kier molecular flexibility index (Phi) is 20.7. The van der Waals surface area contributed by atoms with Crippen LogP contribution < -0.4 is 4.72 Å². The van der Waals surface area contributed by atoms with Crippen molar-refractivity contribution in [3.05, 3.63) is 136 Å². The average molecular weight is 660 g/mol.